The van der Waals surface area contributed by atoms with Crippen molar-refractivity contribution < 1.29 is 14.3 Å². The molecule has 0 N–H and O–H groups in total. The van der Waals surface area contributed by atoms with Crippen LogP contribution in [0.25, 0.3) is 0 Å². The first-order valence-corrected chi connectivity index (χ1v) is 7.55. The van der Waals surface area contributed by atoms with E-state index in [9.17, 15) is 4.79 Å². The van der Waals surface area contributed by atoms with E-state index < -0.39 is 0 Å². The molecule has 1 fully saturated rings. The van der Waals surface area contributed by atoms with Crippen molar-refractivity contribution in [3.63, 3.8) is 0 Å². The van der Waals surface area contributed by atoms with E-state index >= 15 is 0 Å². The Labute approximate surface area is 125 Å². The lowest BCUT2D eigenvalue weighted by Gasteiger charge is -2.29. The van der Waals surface area contributed by atoms with Crippen LogP contribution in [0.15, 0.2) is 12.1 Å². The van der Waals surface area contributed by atoms with Gasteiger partial charge in [-0.2, -0.15) is 0 Å². The number of rotatable bonds is 5. The molecule has 1 saturated carbocycles. The molecule has 0 aliphatic heterocycles. The number of hydrogen-bond acceptors (Lipinski definition) is 3. The molecular formula is C16H21ClO3. The van der Waals surface area contributed by atoms with Crippen molar-refractivity contribution in [2.75, 3.05) is 7.11 Å². The number of benzene rings is 1. The van der Waals surface area contributed by atoms with Gasteiger partial charge in [0, 0.05) is 11.1 Å². The third kappa shape index (κ3) is 3.45. The summed E-state index contributed by atoms with van der Waals surface area (Å²) in [5.41, 5.74) is 0.452. The van der Waals surface area contributed by atoms with E-state index in [0.29, 0.717) is 28.0 Å². The fourth-order valence-corrected chi connectivity index (χ4v) is 3.06. The van der Waals surface area contributed by atoms with Gasteiger partial charge in [0.05, 0.1) is 18.8 Å². The zero-order chi connectivity index (χ0) is 14.5. The molecule has 0 radical (unpaired) electrons. The van der Waals surface area contributed by atoms with Crippen LogP contribution in [0.3, 0.4) is 0 Å². The van der Waals surface area contributed by atoms with Gasteiger partial charge < -0.3 is 9.47 Å². The second kappa shape index (κ2) is 6.98. The maximum atomic E-state index is 11.2. The average Bonchev–Trinajstić information content (AvgIpc) is 2.48. The highest BCUT2D eigenvalue weighted by atomic mass is 35.5. The van der Waals surface area contributed by atoms with Gasteiger partial charge in [0.2, 0.25) is 0 Å². The topological polar surface area (TPSA) is 35.5 Å². The Balaban J connectivity index is 2.21. The van der Waals surface area contributed by atoms with Crippen LogP contribution in [-0.4, -0.2) is 19.5 Å². The van der Waals surface area contributed by atoms with Gasteiger partial charge in [-0.25, -0.2) is 0 Å². The van der Waals surface area contributed by atoms with Crippen LogP contribution >= 0.6 is 11.6 Å². The van der Waals surface area contributed by atoms with E-state index in [1.165, 1.54) is 19.3 Å². The molecule has 1 aromatic carbocycles. The van der Waals surface area contributed by atoms with E-state index in [1.807, 2.05) is 0 Å². The van der Waals surface area contributed by atoms with Crippen molar-refractivity contribution >= 4 is 17.9 Å². The Morgan fingerprint density at radius 1 is 1.40 bits per heavy atom. The third-order valence-corrected chi connectivity index (χ3v) is 4.21. The molecule has 0 aromatic heterocycles. The number of ether oxygens (including phenoxy) is 2. The molecule has 1 aliphatic carbocycles. The SMILES string of the molecule is CCC1CCCC(Oc2c(C=O)cc(Cl)cc2OC)C1. The highest BCUT2D eigenvalue weighted by molar-refractivity contribution is 6.31. The lowest BCUT2D eigenvalue weighted by atomic mass is 9.85. The van der Waals surface area contributed by atoms with Crippen molar-refractivity contribution in [3.8, 4) is 11.5 Å². The highest BCUT2D eigenvalue weighted by Gasteiger charge is 2.24. The van der Waals surface area contributed by atoms with E-state index in [0.717, 1.165) is 19.1 Å². The standard InChI is InChI=1S/C16H21ClO3/c1-3-11-5-4-6-14(7-11)20-16-12(10-18)8-13(17)9-15(16)19-2/h8-11,14H,3-7H2,1-2H3. The minimum atomic E-state index is 0.155. The fraction of sp³-hybridized carbons (Fsp3) is 0.562. The van der Waals surface area contributed by atoms with Crippen molar-refractivity contribution in [3.05, 3.63) is 22.7 Å². The maximum Gasteiger partial charge on any atom is 0.172 e. The average molecular weight is 297 g/mol. The lowest BCUT2D eigenvalue weighted by molar-refractivity contribution is 0.107. The Hall–Kier alpha value is -1.22. The molecule has 20 heavy (non-hydrogen) atoms. The van der Waals surface area contributed by atoms with Gasteiger partial charge in [0.15, 0.2) is 17.8 Å². The number of carbonyl (C=O) groups excluding carboxylic acids is 1. The summed E-state index contributed by atoms with van der Waals surface area (Å²) in [5.74, 6) is 1.76. The summed E-state index contributed by atoms with van der Waals surface area (Å²) in [7, 11) is 1.56. The smallest absolute Gasteiger partial charge is 0.172 e. The van der Waals surface area contributed by atoms with Crippen LogP contribution in [0.5, 0.6) is 11.5 Å². The second-order valence-electron chi connectivity index (χ2n) is 5.32. The van der Waals surface area contributed by atoms with Crippen molar-refractivity contribution in [1.29, 1.82) is 0 Å². The minimum Gasteiger partial charge on any atom is -0.493 e. The fourth-order valence-electron chi connectivity index (χ4n) is 2.84. The number of methoxy groups -OCH3 is 1. The van der Waals surface area contributed by atoms with Gasteiger partial charge in [-0.05, 0) is 31.2 Å². The highest BCUT2D eigenvalue weighted by Crippen LogP contribution is 2.37. The quantitative estimate of drug-likeness (QED) is 0.750. The molecule has 0 spiro atoms. The Morgan fingerprint density at radius 3 is 2.85 bits per heavy atom. The summed E-state index contributed by atoms with van der Waals surface area (Å²) in [4.78, 5) is 11.2. The van der Waals surface area contributed by atoms with Crippen LogP contribution in [0.2, 0.25) is 5.02 Å². The zero-order valence-electron chi connectivity index (χ0n) is 12.0. The normalized spacial score (nSPS) is 22.4. The van der Waals surface area contributed by atoms with Crippen LogP contribution in [0, 0.1) is 5.92 Å². The predicted octanol–water partition coefficient (Wildman–Crippen LogP) is 4.51. The van der Waals surface area contributed by atoms with E-state index in [2.05, 4.69) is 6.92 Å². The summed E-state index contributed by atoms with van der Waals surface area (Å²) < 4.78 is 11.4. The molecule has 3 nitrogen and oxygen atoms in total. The molecule has 110 valence electrons. The molecule has 0 heterocycles. The summed E-state index contributed by atoms with van der Waals surface area (Å²) >= 11 is 5.97. The van der Waals surface area contributed by atoms with Gasteiger partial charge >= 0.3 is 0 Å². The number of carbonyl (C=O) groups is 1. The van der Waals surface area contributed by atoms with E-state index in [-0.39, 0.29) is 6.10 Å². The first-order valence-electron chi connectivity index (χ1n) is 7.17. The van der Waals surface area contributed by atoms with Crippen molar-refractivity contribution in [1.82, 2.24) is 0 Å². The number of halogens is 1. The Bertz CT molecular complexity index is 473. The van der Waals surface area contributed by atoms with Crippen LogP contribution in [-0.2, 0) is 0 Å². The van der Waals surface area contributed by atoms with Crippen molar-refractivity contribution in [2.24, 2.45) is 5.92 Å². The second-order valence-corrected chi connectivity index (χ2v) is 5.76. The third-order valence-electron chi connectivity index (χ3n) is 3.99. The monoisotopic (exact) mass is 296 g/mol. The van der Waals surface area contributed by atoms with Gasteiger partial charge in [-0.1, -0.05) is 31.4 Å². The molecule has 0 saturated heterocycles. The maximum absolute atomic E-state index is 11.2. The van der Waals surface area contributed by atoms with Gasteiger partial charge in [0.1, 0.15) is 0 Å². The molecule has 0 bridgehead atoms. The van der Waals surface area contributed by atoms with E-state index in [4.69, 9.17) is 21.1 Å². The summed E-state index contributed by atoms with van der Waals surface area (Å²) in [6, 6.07) is 3.30. The molecule has 1 aromatic rings. The first kappa shape index (κ1) is 15.2. The zero-order valence-corrected chi connectivity index (χ0v) is 12.8. The van der Waals surface area contributed by atoms with Gasteiger partial charge in [-0.15, -0.1) is 0 Å². The van der Waals surface area contributed by atoms with E-state index in [1.54, 1.807) is 19.2 Å². The van der Waals surface area contributed by atoms with Crippen LogP contribution in [0.4, 0.5) is 0 Å². The summed E-state index contributed by atoms with van der Waals surface area (Å²) in [6.07, 6.45) is 6.62. The Kier molecular flexibility index (Phi) is 5.30. The molecular weight excluding hydrogens is 276 g/mol. The summed E-state index contributed by atoms with van der Waals surface area (Å²) in [6.45, 7) is 2.22. The minimum absolute atomic E-state index is 0.155. The number of hydrogen-bond donors (Lipinski definition) is 0. The van der Waals surface area contributed by atoms with Crippen molar-refractivity contribution in [2.45, 2.75) is 45.1 Å². The Morgan fingerprint density at radius 2 is 2.20 bits per heavy atom. The largest absolute Gasteiger partial charge is 0.493 e. The molecule has 1 aliphatic rings. The molecule has 2 unspecified atom stereocenters. The molecule has 2 rings (SSSR count). The summed E-state index contributed by atoms with van der Waals surface area (Å²) in [5, 5.41) is 0.478. The first-order chi connectivity index (χ1) is 9.67. The lowest BCUT2D eigenvalue weighted by Crippen LogP contribution is -2.25. The number of aldehydes is 1. The van der Waals surface area contributed by atoms with Crippen LogP contribution in [0.1, 0.15) is 49.4 Å². The van der Waals surface area contributed by atoms with Gasteiger partial charge in [0.25, 0.3) is 0 Å². The molecule has 4 heteroatoms. The molecule has 0 amide bonds. The van der Waals surface area contributed by atoms with Gasteiger partial charge in [-0.3, -0.25) is 4.79 Å². The van der Waals surface area contributed by atoms with Crippen LogP contribution < -0.4 is 9.47 Å². The predicted molar refractivity (Wildman–Crippen MR) is 80.1 cm³/mol. The molecule has 2 atom stereocenters.